The van der Waals surface area contributed by atoms with E-state index in [2.05, 4.69) is 11.8 Å². The summed E-state index contributed by atoms with van der Waals surface area (Å²) in [5.41, 5.74) is 4.47. The van der Waals surface area contributed by atoms with Gasteiger partial charge >= 0.3 is 0 Å². The summed E-state index contributed by atoms with van der Waals surface area (Å²) in [4.78, 5) is 30.8. The largest absolute Gasteiger partial charge is 0.507 e. The van der Waals surface area contributed by atoms with Gasteiger partial charge in [-0.25, -0.2) is 0 Å². The number of likely N-dealkylation sites (tertiary alicyclic amines) is 1. The van der Waals surface area contributed by atoms with Crippen LogP contribution in [-0.2, 0) is 27.4 Å². The van der Waals surface area contributed by atoms with Gasteiger partial charge in [0.2, 0.25) is 0 Å². The Balaban J connectivity index is 1.42. The van der Waals surface area contributed by atoms with Gasteiger partial charge in [0.05, 0.1) is 24.8 Å². The number of morpholine rings is 1. The van der Waals surface area contributed by atoms with Gasteiger partial charge in [-0.3, -0.25) is 14.5 Å². The minimum absolute atomic E-state index is 0.128. The highest BCUT2D eigenvalue weighted by Crippen LogP contribution is 2.40. The van der Waals surface area contributed by atoms with Gasteiger partial charge in [-0.1, -0.05) is 61.5 Å². The SMILES string of the molecule is CCc1ccc(C2/C(=C(\O)c3ccc(OCc4ccccc4)c(C)c3)C(=O)C(=O)N2CCCN2CCOCC2)cc1. The Bertz CT molecular complexity index is 1390. The molecule has 2 fully saturated rings. The number of nitrogens with zero attached hydrogens (tertiary/aromatic N) is 2. The monoisotopic (exact) mass is 554 g/mol. The molecule has 0 radical (unpaired) electrons. The van der Waals surface area contributed by atoms with Gasteiger partial charge in [0.25, 0.3) is 11.7 Å². The Morgan fingerprint density at radius 1 is 0.951 bits per heavy atom. The van der Waals surface area contributed by atoms with Crippen LogP contribution in [0.2, 0.25) is 0 Å². The molecule has 3 aromatic carbocycles. The third-order valence-electron chi connectivity index (χ3n) is 7.91. The van der Waals surface area contributed by atoms with Crippen LogP contribution in [0.4, 0.5) is 0 Å². The lowest BCUT2D eigenvalue weighted by Gasteiger charge is -2.29. The van der Waals surface area contributed by atoms with Crippen LogP contribution in [0.1, 0.15) is 47.2 Å². The zero-order valence-electron chi connectivity index (χ0n) is 23.8. The third kappa shape index (κ3) is 6.53. The summed E-state index contributed by atoms with van der Waals surface area (Å²) >= 11 is 0. The van der Waals surface area contributed by atoms with Crippen molar-refractivity contribution in [3.8, 4) is 5.75 Å². The molecule has 3 aromatic rings. The number of rotatable bonds is 10. The quantitative estimate of drug-likeness (QED) is 0.209. The molecule has 1 N–H and O–H groups in total. The Labute approximate surface area is 242 Å². The molecule has 7 nitrogen and oxygen atoms in total. The molecule has 1 unspecified atom stereocenters. The minimum Gasteiger partial charge on any atom is -0.507 e. The molecule has 0 bridgehead atoms. The molecule has 0 aliphatic carbocycles. The Morgan fingerprint density at radius 2 is 1.68 bits per heavy atom. The maximum absolute atomic E-state index is 13.5. The normalized spacial score (nSPS) is 19.1. The van der Waals surface area contributed by atoms with Crippen LogP contribution in [0.25, 0.3) is 5.76 Å². The second-order valence-corrected chi connectivity index (χ2v) is 10.6. The zero-order chi connectivity index (χ0) is 28.8. The first-order valence-electron chi connectivity index (χ1n) is 14.4. The molecule has 0 aromatic heterocycles. The summed E-state index contributed by atoms with van der Waals surface area (Å²) in [6, 6.07) is 22.6. The van der Waals surface area contributed by atoms with E-state index in [1.165, 1.54) is 5.56 Å². The first-order chi connectivity index (χ1) is 20.0. The second-order valence-electron chi connectivity index (χ2n) is 10.6. The Morgan fingerprint density at radius 3 is 2.37 bits per heavy atom. The third-order valence-corrected chi connectivity index (χ3v) is 7.91. The molecule has 2 aliphatic rings. The molecule has 5 rings (SSSR count). The van der Waals surface area contributed by atoms with E-state index in [1.54, 1.807) is 23.1 Å². The summed E-state index contributed by atoms with van der Waals surface area (Å²) in [7, 11) is 0. The number of aryl methyl sites for hydroxylation is 2. The average Bonchev–Trinajstić information content (AvgIpc) is 3.26. The van der Waals surface area contributed by atoms with Crippen LogP contribution in [0.3, 0.4) is 0 Å². The standard InChI is InChI=1S/C34H38N2O5/c1-3-25-10-12-27(13-11-25)31-30(33(38)34(39)36(31)17-7-16-35-18-20-40-21-19-35)32(37)28-14-15-29(24(2)22-28)41-23-26-8-5-4-6-9-26/h4-6,8-15,22,31,37H,3,7,16-21,23H2,1-2H3/b32-30+. The van der Waals surface area contributed by atoms with Crippen molar-refractivity contribution >= 4 is 17.4 Å². The first-order valence-corrected chi connectivity index (χ1v) is 14.4. The number of ether oxygens (including phenoxy) is 2. The lowest BCUT2D eigenvalue weighted by atomic mass is 9.94. The van der Waals surface area contributed by atoms with E-state index in [9.17, 15) is 14.7 Å². The van der Waals surface area contributed by atoms with Crippen LogP contribution >= 0.6 is 0 Å². The molecular weight excluding hydrogens is 516 g/mol. The lowest BCUT2D eigenvalue weighted by molar-refractivity contribution is -0.140. The molecule has 41 heavy (non-hydrogen) atoms. The number of aliphatic hydroxyl groups is 1. The van der Waals surface area contributed by atoms with E-state index in [0.29, 0.717) is 37.7 Å². The number of benzene rings is 3. The van der Waals surface area contributed by atoms with E-state index in [0.717, 1.165) is 49.2 Å². The molecule has 2 heterocycles. The highest BCUT2D eigenvalue weighted by Gasteiger charge is 2.45. The van der Waals surface area contributed by atoms with Gasteiger partial charge < -0.3 is 19.5 Å². The van der Waals surface area contributed by atoms with Gasteiger partial charge in [-0.05, 0) is 60.2 Å². The van der Waals surface area contributed by atoms with Crippen molar-refractivity contribution in [2.45, 2.75) is 39.3 Å². The van der Waals surface area contributed by atoms with E-state index >= 15 is 0 Å². The van der Waals surface area contributed by atoms with Crippen molar-refractivity contribution in [1.29, 1.82) is 0 Å². The number of aliphatic hydroxyl groups excluding tert-OH is 1. The predicted octanol–water partition coefficient (Wildman–Crippen LogP) is 5.28. The molecule has 0 saturated carbocycles. The number of carbonyl (C=O) groups is 2. The molecule has 214 valence electrons. The number of Topliss-reactive ketones (excluding diaryl/α,β-unsaturated/α-hetero) is 1. The molecule has 0 spiro atoms. The van der Waals surface area contributed by atoms with Crippen molar-refractivity contribution in [3.63, 3.8) is 0 Å². The van der Waals surface area contributed by atoms with Crippen LogP contribution in [0, 0.1) is 6.92 Å². The fraction of sp³-hybridized carbons (Fsp3) is 0.353. The second kappa shape index (κ2) is 13.1. The summed E-state index contributed by atoms with van der Waals surface area (Å²) < 4.78 is 11.4. The van der Waals surface area contributed by atoms with Gasteiger partial charge in [0, 0.05) is 31.7 Å². The van der Waals surface area contributed by atoms with Gasteiger partial charge in [-0.15, -0.1) is 0 Å². The molecular formula is C34H38N2O5. The predicted molar refractivity (Wildman–Crippen MR) is 159 cm³/mol. The summed E-state index contributed by atoms with van der Waals surface area (Å²) in [6.07, 6.45) is 1.61. The summed E-state index contributed by atoms with van der Waals surface area (Å²) in [5, 5.41) is 11.5. The molecule has 2 aliphatic heterocycles. The smallest absolute Gasteiger partial charge is 0.295 e. The summed E-state index contributed by atoms with van der Waals surface area (Å²) in [6.45, 7) is 8.81. The number of hydrogen-bond acceptors (Lipinski definition) is 6. The molecule has 1 atom stereocenters. The fourth-order valence-corrected chi connectivity index (χ4v) is 5.53. The summed E-state index contributed by atoms with van der Waals surface area (Å²) in [5.74, 6) is -0.694. The van der Waals surface area contributed by atoms with Crippen molar-refractivity contribution in [1.82, 2.24) is 9.80 Å². The average molecular weight is 555 g/mol. The maximum Gasteiger partial charge on any atom is 0.295 e. The van der Waals surface area contributed by atoms with Crippen molar-refractivity contribution in [3.05, 3.63) is 106 Å². The van der Waals surface area contributed by atoms with Crippen molar-refractivity contribution < 1.29 is 24.2 Å². The van der Waals surface area contributed by atoms with E-state index in [-0.39, 0.29) is 11.3 Å². The van der Waals surface area contributed by atoms with Crippen molar-refractivity contribution in [2.24, 2.45) is 0 Å². The molecule has 2 saturated heterocycles. The first kappa shape index (κ1) is 28.6. The van der Waals surface area contributed by atoms with E-state index in [1.807, 2.05) is 61.5 Å². The fourth-order valence-electron chi connectivity index (χ4n) is 5.53. The number of hydrogen-bond donors (Lipinski definition) is 1. The molecule has 7 heteroatoms. The Kier molecular flexibility index (Phi) is 9.17. The topological polar surface area (TPSA) is 79.3 Å². The van der Waals surface area contributed by atoms with Crippen LogP contribution in [0.15, 0.2) is 78.4 Å². The number of amides is 1. The van der Waals surface area contributed by atoms with Gasteiger partial charge in [-0.2, -0.15) is 0 Å². The van der Waals surface area contributed by atoms with E-state index in [4.69, 9.17) is 9.47 Å². The highest BCUT2D eigenvalue weighted by atomic mass is 16.5. The molecule has 1 amide bonds. The lowest BCUT2D eigenvalue weighted by Crippen LogP contribution is -2.38. The van der Waals surface area contributed by atoms with Crippen LogP contribution < -0.4 is 4.74 Å². The van der Waals surface area contributed by atoms with E-state index < -0.39 is 17.7 Å². The van der Waals surface area contributed by atoms with Crippen LogP contribution in [-0.4, -0.2) is 66.0 Å². The number of carbonyl (C=O) groups excluding carboxylic acids is 2. The number of ketones is 1. The van der Waals surface area contributed by atoms with Crippen molar-refractivity contribution in [2.75, 3.05) is 39.4 Å². The van der Waals surface area contributed by atoms with Gasteiger partial charge in [0.1, 0.15) is 18.1 Å². The van der Waals surface area contributed by atoms with Crippen LogP contribution in [0.5, 0.6) is 5.75 Å². The maximum atomic E-state index is 13.5. The Hall–Kier alpha value is -3.94. The van der Waals surface area contributed by atoms with Gasteiger partial charge in [0.15, 0.2) is 0 Å². The zero-order valence-corrected chi connectivity index (χ0v) is 23.8. The highest BCUT2D eigenvalue weighted by molar-refractivity contribution is 6.46. The minimum atomic E-state index is -0.653.